The van der Waals surface area contributed by atoms with Crippen molar-refractivity contribution < 1.29 is 13.9 Å². The lowest BCUT2D eigenvalue weighted by Gasteiger charge is -2.21. The van der Waals surface area contributed by atoms with Crippen LogP contribution >= 0.6 is 24.0 Å². The molecule has 0 amide bonds. The Morgan fingerprint density at radius 1 is 1.15 bits per heavy atom. The van der Waals surface area contributed by atoms with Crippen LogP contribution in [0.2, 0.25) is 0 Å². The van der Waals surface area contributed by atoms with Gasteiger partial charge in [0.15, 0.2) is 5.96 Å². The van der Waals surface area contributed by atoms with Crippen molar-refractivity contribution >= 4 is 29.9 Å². The lowest BCUT2D eigenvalue weighted by atomic mass is 10.2. The highest BCUT2D eigenvalue weighted by atomic mass is 127. The van der Waals surface area contributed by atoms with Crippen LogP contribution in [0, 0.1) is 0 Å². The molecule has 1 unspecified atom stereocenters. The molecule has 1 heterocycles. The van der Waals surface area contributed by atoms with Crippen molar-refractivity contribution in [3.05, 3.63) is 24.2 Å². The first-order valence-electron chi connectivity index (χ1n) is 9.56. The maximum atomic E-state index is 5.57. The molecule has 1 atom stereocenters. The van der Waals surface area contributed by atoms with Crippen LogP contribution < -0.4 is 10.6 Å². The standard InChI is InChI=1S/C19H36N4O3.HI/c1-5-7-11-24-14-15-25-13-10-21-19(20-6-2)22-16-17(23(3)4)18-9-8-12-26-18;/h8-9,12,17H,5-7,10-11,13-16H2,1-4H3,(H2,20,21,22);1H. The number of unbranched alkanes of at least 4 members (excludes halogenated alkanes) is 1. The fraction of sp³-hybridized carbons (Fsp3) is 0.737. The molecule has 0 aliphatic rings. The van der Waals surface area contributed by atoms with Crippen molar-refractivity contribution in [2.75, 3.05) is 60.2 Å². The number of furan rings is 1. The van der Waals surface area contributed by atoms with Crippen LogP contribution in [0.25, 0.3) is 0 Å². The predicted molar refractivity (Wildman–Crippen MR) is 121 cm³/mol. The minimum Gasteiger partial charge on any atom is -0.468 e. The van der Waals surface area contributed by atoms with Gasteiger partial charge in [0.25, 0.3) is 0 Å². The third-order valence-corrected chi connectivity index (χ3v) is 3.81. The molecule has 7 nitrogen and oxygen atoms in total. The van der Waals surface area contributed by atoms with Gasteiger partial charge in [0.1, 0.15) is 5.76 Å². The second-order valence-corrected chi connectivity index (χ2v) is 6.22. The van der Waals surface area contributed by atoms with Gasteiger partial charge in [-0.25, -0.2) is 0 Å². The molecule has 0 aliphatic heterocycles. The van der Waals surface area contributed by atoms with Crippen molar-refractivity contribution in [2.24, 2.45) is 4.99 Å². The highest BCUT2D eigenvalue weighted by Gasteiger charge is 2.16. The summed E-state index contributed by atoms with van der Waals surface area (Å²) in [5, 5.41) is 6.55. The van der Waals surface area contributed by atoms with Crippen LogP contribution in [-0.4, -0.2) is 71.0 Å². The molecule has 8 heteroatoms. The van der Waals surface area contributed by atoms with Gasteiger partial charge in [0, 0.05) is 19.7 Å². The Morgan fingerprint density at radius 2 is 1.89 bits per heavy atom. The van der Waals surface area contributed by atoms with Gasteiger partial charge in [0.2, 0.25) is 0 Å². The van der Waals surface area contributed by atoms with E-state index in [9.17, 15) is 0 Å². The van der Waals surface area contributed by atoms with Crippen LogP contribution in [0.3, 0.4) is 0 Å². The van der Waals surface area contributed by atoms with Crippen LogP contribution in [0.1, 0.15) is 38.5 Å². The van der Waals surface area contributed by atoms with Gasteiger partial charge in [-0.05, 0) is 39.6 Å². The molecular weight excluding hydrogens is 459 g/mol. The second kappa shape index (κ2) is 17.3. The molecule has 1 rings (SSSR count). The highest BCUT2D eigenvalue weighted by molar-refractivity contribution is 14.0. The molecule has 1 aromatic heterocycles. The van der Waals surface area contributed by atoms with Crippen molar-refractivity contribution in [3.63, 3.8) is 0 Å². The fourth-order valence-electron chi connectivity index (χ4n) is 2.32. The average Bonchev–Trinajstić information content (AvgIpc) is 3.14. The number of ether oxygens (including phenoxy) is 2. The van der Waals surface area contributed by atoms with E-state index in [4.69, 9.17) is 13.9 Å². The minimum atomic E-state index is 0. The van der Waals surface area contributed by atoms with E-state index in [0.717, 1.165) is 37.7 Å². The number of aliphatic imine (C=N–C) groups is 1. The smallest absolute Gasteiger partial charge is 0.191 e. The van der Waals surface area contributed by atoms with E-state index >= 15 is 0 Å². The van der Waals surface area contributed by atoms with Gasteiger partial charge in [-0.1, -0.05) is 13.3 Å². The molecule has 2 N–H and O–H groups in total. The third kappa shape index (κ3) is 12.3. The number of guanidine groups is 1. The average molecular weight is 496 g/mol. The topological polar surface area (TPSA) is 71.3 Å². The van der Waals surface area contributed by atoms with Gasteiger partial charge >= 0.3 is 0 Å². The number of halogens is 1. The summed E-state index contributed by atoms with van der Waals surface area (Å²) >= 11 is 0. The lowest BCUT2D eigenvalue weighted by Crippen LogP contribution is -2.39. The summed E-state index contributed by atoms with van der Waals surface area (Å²) in [5.74, 6) is 1.70. The summed E-state index contributed by atoms with van der Waals surface area (Å²) < 4.78 is 16.6. The van der Waals surface area contributed by atoms with Gasteiger partial charge in [0.05, 0.1) is 38.7 Å². The largest absolute Gasteiger partial charge is 0.468 e. The monoisotopic (exact) mass is 496 g/mol. The van der Waals surface area contributed by atoms with E-state index in [2.05, 4.69) is 34.4 Å². The number of likely N-dealkylation sites (N-methyl/N-ethyl adjacent to an activating group) is 1. The highest BCUT2D eigenvalue weighted by Crippen LogP contribution is 2.18. The van der Waals surface area contributed by atoms with E-state index in [1.165, 1.54) is 0 Å². The zero-order valence-corrected chi connectivity index (χ0v) is 19.5. The molecule has 158 valence electrons. The van der Waals surface area contributed by atoms with E-state index in [1.807, 2.05) is 26.2 Å². The Bertz CT molecular complexity index is 470. The lowest BCUT2D eigenvalue weighted by molar-refractivity contribution is 0.0487. The molecule has 0 radical (unpaired) electrons. The summed E-state index contributed by atoms with van der Waals surface area (Å²) in [6.45, 7) is 9.06. The zero-order chi connectivity index (χ0) is 19.0. The Balaban J connectivity index is 0.00000676. The van der Waals surface area contributed by atoms with Crippen LogP contribution in [0.4, 0.5) is 0 Å². The number of hydrogen-bond acceptors (Lipinski definition) is 5. The van der Waals surface area contributed by atoms with Crippen molar-refractivity contribution in [3.8, 4) is 0 Å². The van der Waals surface area contributed by atoms with Crippen molar-refractivity contribution in [1.82, 2.24) is 15.5 Å². The first-order chi connectivity index (χ1) is 12.7. The molecular formula is C19H37IN4O3. The quantitative estimate of drug-likeness (QED) is 0.179. The Morgan fingerprint density at radius 3 is 2.48 bits per heavy atom. The molecule has 27 heavy (non-hydrogen) atoms. The summed E-state index contributed by atoms with van der Waals surface area (Å²) in [5.41, 5.74) is 0. The molecule has 0 bridgehead atoms. The van der Waals surface area contributed by atoms with Crippen LogP contribution in [-0.2, 0) is 9.47 Å². The molecule has 0 saturated heterocycles. The molecule has 0 fully saturated rings. The number of nitrogens with one attached hydrogen (secondary N) is 2. The zero-order valence-electron chi connectivity index (χ0n) is 17.2. The van der Waals surface area contributed by atoms with E-state index in [0.29, 0.717) is 32.9 Å². The Kier molecular flexibility index (Phi) is 16.7. The van der Waals surface area contributed by atoms with Gasteiger partial charge in [-0.15, -0.1) is 24.0 Å². The number of hydrogen-bond donors (Lipinski definition) is 2. The molecule has 1 aromatic rings. The first-order valence-corrected chi connectivity index (χ1v) is 9.56. The summed E-state index contributed by atoms with van der Waals surface area (Å²) in [6.07, 6.45) is 3.96. The normalized spacial score (nSPS) is 12.7. The molecule has 0 spiro atoms. The molecule has 0 aromatic carbocycles. The maximum Gasteiger partial charge on any atom is 0.191 e. The van der Waals surface area contributed by atoms with Gasteiger partial charge in [-0.3, -0.25) is 9.89 Å². The first kappa shape index (κ1) is 26.2. The predicted octanol–water partition coefficient (Wildman–Crippen LogP) is 2.89. The summed E-state index contributed by atoms with van der Waals surface area (Å²) in [7, 11) is 4.05. The second-order valence-electron chi connectivity index (χ2n) is 6.22. The number of nitrogens with zero attached hydrogens (tertiary/aromatic N) is 2. The van der Waals surface area contributed by atoms with Gasteiger partial charge in [-0.2, -0.15) is 0 Å². The summed E-state index contributed by atoms with van der Waals surface area (Å²) in [6, 6.07) is 4.00. The van der Waals surface area contributed by atoms with E-state index < -0.39 is 0 Å². The maximum absolute atomic E-state index is 5.57. The Labute approximate surface area is 181 Å². The minimum absolute atomic E-state index is 0. The van der Waals surface area contributed by atoms with Crippen LogP contribution in [0.5, 0.6) is 0 Å². The van der Waals surface area contributed by atoms with Gasteiger partial charge < -0.3 is 24.5 Å². The van der Waals surface area contributed by atoms with Crippen LogP contribution in [0.15, 0.2) is 27.8 Å². The SMILES string of the molecule is CCCCOCCOCCNC(=NCC(c1ccco1)N(C)C)NCC.I. The molecule has 0 saturated carbocycles. The summed E-state index contributed by atoms with van der Waals surface area (Å²) in [4.78, 5) is 6.78. The third-order valence-electron chi connectivity index (χ3n) is 3.81. The fourth-order valence-corrected chi connectivity index (χ4v) is 2.32. The van der Waals surface area contributed by atoms with Crippen molar-refractivity contribution in [2.45, 2.75) is 32.7 Å². The van der Waals surface area contributed by atoms with E-state index in [1.54, 1.807) is 6.26 Å². The number of rotatable bonds is 14. The van der Waals surface area contributed by atoms with E-state index in [-0.39, 0.29) is 30.0 Å². The molecule has 0 aliphatic carbocycles. The van der Waals surface area contributed by atoms with Crippen molar-refractivity contribution in [1.29, 1.82) is 0 Å². The Hall–Kier alpha value is -0.840.